The third kappa shape index (κ3) is 6.60. The van der Waals surface area contributed by atoms with E-state index in [-0.39, 0.29) is 17.6 Å². The lowest BCUT2D eigenvalue weighted by atomic mass is 9.79. The van der Waals surface area contributed by atoms with Crippen LogP contribution in [0.1, 0.15) is 60.8 Å². The highest BCUT2D eigenvalue weighted by Crippen LogP contribution is 2.28. The molecule has 0 aromatic rings. The molecule has 1 aliphatic rings. The van der Waals surface area contributed by atoms with E-state index in [4.69, 9.17) is 4.74 Å². The summed E-state index contributed by atoms with van der Waals surface area (Å²) in [4.78, 5) is 12.0. The summed E-state index contributed by atoms with van der Waals surface area (Å²) in [5.41, 5.74) is -0.400. The topological polar surface area (TPSA) is 50.4 Å². The Morgan fingerprint density at radius 3 is 2.20 bits per heavy atom. The lowest BCUT2D eigenvalue weighted by Crippen LogP contribution is -2.47. The van der Waals surface area contributed by atoms with Gasteiger partial charge in [-0.1, -0.05) is 20.8 Å². The molecule has 1 rings (SSSR count). The number of hydrogen-bond acceptors (Lipinski definition) is 3. The molecule has 0 aromatic carbocycles. The zero-order valence-electron chi connectivity index (χ0n) is 14.0. The van der Waals surface area contributed by atoms with Crippen LogP contribution in [0, 0.1) is 11.3 Å². The van der Waals surface area contributed by atoms with Gasteiger partial charge in [-0.3, -0.25) is 0 Å². The van der Waals surface area contributed by atoms with Crippen LogP contribution in [0.5, 0.6) is 0 Å². The van der Waals surface area contributed by atoms with Gasteiger partial charge in [0.2, 0.25) is 0 Å². The van der Waals surface area contributed by atoms with Crippen LogP contribution in [0.4, 0.5) is 4.79 Å². The Hall–Kier alpha value is -0.770. The van der Waals surface area contributed by atoms with Gasteiger partial charge >= 0.3 is 6.09 Å². The molecule has 0 bridgehead atoms. The first-order valence-electron chi connectivity index (χ1n) is 7.78. The fourth-order valence-corrected chi connectivity index (χ4v) is 2.53. The van der Waals surface area contributed by atoms with E-state index in [1.165, 1.54) is 12.8 Å². The molecule has 1 atom stereocenters. The maximum Gasteiger partial charge on any atom is 0.407 e. The second-order valence-electron chi connectivity index (χ2n) is 7.99. The van der Waals surface area contributed by atoms with E-state index >= 15 is 0 Å². The molecule has 4 nitrogen and oxygen atoms in total. The molecule has 0 spiro atoms. The third-order valence-corrected chi connectivity index (χ3v) is 3.76. The number of ether oxygens (including phenoxy) is 1. The van der Waals surface area contributed by atoms with E-state index in [0.717, 1.165) is 19.5 Å². The zero-order chi connectivity index (χ0) is 15.4. The van der Waals surface area contributed by atoms with Crippen molar-refractivity contribution < 1.29 is 9.53 Å². The van der Waals surface area contributed by atoms with Gasteiger partial charge in [0, 0.05) is 6.04 Å². The Kier molecular flexibility index (Phi) is 5.87. The third-order valence-electron chi connectivity index (χ3n) is 3.76. The van der Waals surface area contributed by atoms with Crippen LogP contribution in [0.25, 0.3) is 0 Å². The first-order valence-corrected chi connectivity index (χ1v) is 7.78. The Morgan fingerprint density at radius 1 is 1.20 bits per heavy atom. The SMILES string of the molecule is CC(C)(C)OC(=O)NC(CC1CCNCC1)C(C)(C)C. The highest BCUT2D eigenvalue weighted by Gasteiger charge is 2.30. The van der Waals surface area contributed by atoms with Crippen molar-refractivity contribution in [2.24, 2.45) is 11.3 Å². The summed E-state index contributed by atoms with van der Waals surface area (Å²) in [6, 6.07) is 0.153. The van der Waals surface area contributed by atoms with Crippen LogP contribution in [-0.2, 0) is 4.74 Å². The van der Waals surface area contributed by atoms with E-state index in [0.29, 0.717) is 5.92 Å². The molecular formula is C16H32N2O2. The van der Waals surface area contributed by atoms with Crippen LogP contribution >= 0.6 is 0 Å². The number of carbonyl (C=O) groups excluding carboxylic acids is 1. The fourth-order valence-electron chi connectivity index (χ4n) is 2.53. The molecule has 0 aliphatic carbocycles. The zero-order valence-corrected chi connectivity index (χ0v) is 14.0. The van der Waals surface area contributed by atoms with Crippen molar-refractivity contribution >= 4 is 6.09 Å². The van der Waals surface area contributed by atoms with Gasteiger partial charge < -0.3 is 15.4 Å². The van der Waals surface area contributed by atoms with Gasteiger partial charge in [0.25, 0.3) is 0 Å². The molecule has 1 unspecified atom stereocenters. The molecule has 0 radical (unpaired) electrons. The molecule has 0 saturated carbocycles. The van der Waals surface area contributed by atoms with E-state index in [2.05, 4.69) is 31.4 Å². The maximum absolute atomic E-state index is 12.0. The number of rotatable bonds is 3. The minimum atomic E-state index is -0.443. The predicted octanol–water partition coefficient (Wildman–Crippen LogP) is 3.32. The van der Waals surface area contributed by atoms with Crippen molar-refractivity contribution in [3.63, 3.8) is 0 Å². The lowest BCUT2D eigenvalue weighted by Gasteiger charge is -2.36. The Labute approximate surface area is 124 Å². The number of carbonyl (C=O) groups is 1. The number of alkyl carbamates (subject to hydrolysis) is 1. The van der Waals surface area contributed by atoms with Gasteiger partial charge in [-0.05, 0) is 64.5 Å². The molecule has 1 saturated heterocycles. The summed E-state index contributed by atoms with van der Waals surface area (Å²) in [7, 11) is 0. The van der Waals surface area contributed by atoms with Gasteiger partial charge in [0.1, 0.15) is 5.60 Å². The molecular weight excluding hydrogens is 252 g/mol. The number of hydrogen-bond donors (Lipinski definition) is 2. The minimum absolute atomic E-state index is 0.0434. The first kappa shape index (κ1) is 17.3. The summed E-state index contributed by atoms with van der Waals surface area (Å²) >= 11 is 0. The average molecular weight is 284 g/mol. The predicted molar refractivity (Wildman–Crippen MR) is 82.8 cm³/mol. The molecule has 0 aromatic heterocycles. The average Bonchev–Trinajstić information content (AvgIpc) is 2.25. The standard InChI is InChI=1S/C16H32N2O2/c1-15(2,3)13(11-12-7-9-17-10-8-12)18-14(19)20-16(4,5)6/h12-13,17H,7-11H2,1-6H3,(H,18,19). The molecule has 1 aliphatic heterocycles. The highest BCUT2D eigenvalue weighted by atomic mass is 16.6. The van der Waals surface area contributed by atoms with Gasteiger partial charge in [-0.15, -0.1) is 0 Å². The van der Waals surface area contributed by atoms with Crippen molar-refractivity contribution in [3.8, 4) is 0 Å². The van der Waals surface area contributed by atoms with Crippen LogP contribution < -0.4 is 10.6 Å². The highest BCUT2D eigenvalue weighted by molar-refractivity contribution is 5.68. The van der Waals surface area contributed by atoms with Crippen molar-refractivity contribution in [2.45, 2.75) is 72.4 Å². The lowest BCUT2D eigenvalue weighted by molar-refractivity contribution is 0.0446. The monoisotopic (exact) mass is 284 g/mol. The molecule has 118 valence electrons. The van der Waals surface area contributed by atoms with Crippen molar-refractivity contribution in [1.82, 2.24) is 10.6 Å². The van der Waals surface area contributed by atoms with Gasteiger partial charge in [0.05, 0.1) is 0 Å². The summed E-state index contributed by atoms with van der Waals surface area (Å²) in [5.74, 6) is 0.690. The van der Waals surface area contributed by atoms with E-state index in [9.17, 15) is 4.79 Å². The molecule has 2 N–H and O–H groups in total. The molecule has 1 amide bonds. The second kappa shape index (κ2) is 6.79. The minimum Gasteiger partial charge on any atom is -0.444 e. The molecule has 20 heavy (non-hydrogen) atoms. The number of amides is 1. The summed E-state index contributed by atoms with van der Waals surface area (Å²) in [6.07, 6.45) is 3.13. The van der Waals surface area contributed by atoms with Crippen molar-refractivity contribution in [3.05, 3.63) is 0 Å². The quantitative estimate of drug-likeness (QED) is 0.836. The second-order valence-corrected chi connectivity index (χ2v) is 7.99. The van der Waals surface area contributed by atoms with Crippen LogP contribution in [0.3, 0.4) is 0 Å². The summed E-state index contributed by atoms with van der Waals surface area (Å²) in [5, 5.41) is 6.47. The Bertz CT molecular complexity index is 309. The van der Waals surface area contributed by atoms with Gasteiger partial charge in [-0.2, -0.15) is 0 Å². The summed E-state index contributed by atoms with van der Waals surface area (Å²) < 4.78 is 5.39. The summed E-state index contributed by atoms with van der Waals surface area (Å²) in [6.45, 7) is 14.4. The number of nitrogens with one attached hydrogen (secondary N) is 2. The van der Waals surface area contributed by atoms with Crippen LogP contribution in [0.2, 0.25) is 0 Å². The fraction of sp³-hybridized carbons (Fsp3) is 0.938. The first-order chi connectivity index (χ1) is 9.08. The number of piperidine rings is 1. The Morgan fingerprint density at radius 2 is 1.75 bits per heavy atom. The molecule has 1 fully saturated rings. The van der Waals surface area contributed by atoms with E-state index in [1.807, 2.05) is 20.8 Å². The van der Waals surface area contributed by atoms with E-state index in [1.54, 1.807) is 0 Å². The smallest absolute Gasteiger partial charge is 0.407 e. The normalized spacial score (nSPS) is 19.5. The van der Waals surface area contributed by atoms with Crippen molar-refractivity contribution in [2.75, 3.05) is 13.1 Å². The molecule has 1 heterocycles. The van der Waals surface area contributed by atoms with Gasteiger partial charge in [-0.25, -0.2) is 4.79 Å². The van der Waals surface area contributed by atoms with E-state index < -0.39 is 5.60 Å². The van der Waals surface area contributed by atoms with Crippen LogP contribution in [0.15, 0.2) is 0 Å². The largest absolute Gasteiger partial charge is 0.444 e. The van der Waals surface area contributed by atoms with Crippen LogP contribution in [-0.4, -0.2) is 30.8 Å². The van der Waals surface area contributed by atoms with Gasteiger partial charge in [0.15, 0.2) is 0 Å². The maximum atomic E-state index is 12.0. The Balaban J connectivity index is 2.58. The molecule has 4 heteroatoms. The van der Waals surface area contributed by atoms with Crippen molar-refractivity contribution in [1.29, 1.82) is 0 Å².